The van der Waals surface area contributed by atoms with E-state index in [0.717, 1.165) is 18.2 Å². The van der Waals surface area contributed by atoms with Gasteiger partial charge in [0.05, 0.1) is 18.7 Å². The van der Waals surface area contributed by atoms with E-state index in [-0.39, 0.29) is 10.6 Å². The molecule has 1 amide bonds. The monoisotopic (exact) mass is 562 g/mol. The molecule has 0 spiro atoms. The zero-order valence-electron chi connectivity index (χ0n) is 28.5. The Hall–Kier alpha value is -4.24. The van der Waals surface area contributed by atoms with E-state index in [9.17, 15) is 33.7 Å². The quantitative estimate of drug-likeness (QED) is 0.218. The Morgan fingerprint density at radius 1 is 1.26 bits per heavy atom. The van der Waals surface area contributed by atoms with Crippen LogP contribution in [0.3, 0.4) is 0 Å². The molecular formula is C21H22FN6O9P. The Kier molecular flexibility index (Phi) is 4.32. The molecule has 1 aliphatic heterocycles. The third-order valence-corrected chi connectivity index (χ3v) is 5.03. The molecule has 0 atom stereocenters. The van der Waals surface area contributed by atoms with Gasteiger partial charge in [-0.3, -0.25) is 14.2 Å². The van der Waals surface area contributed by atoms with Crippen LogP contribution in [0.5, 0.6) is 23.0 Å². The molecule has 0 aliphatic carbocycles. The molecule has 0 bridgehead atoms. The van der Waals surface area contributed by atoms with E-state index in [4.69, 9.17) is 18.4 Å². The van der Waals surface area contributed by atoms with E-state index in [2.05, 4.69) is 34.8 Å². The second-order valence-electron chi connectivity index (χ2n) is 7.29. The molecule has 1 aromatic carbocycles. The van der Waals surface area contributed by atoms with Crippen LogP contribution in [0.15, 0.2) is 30.4 Å². The number of nitrogens with one attached hydrogen (secondary N) is 2. The van der Waals surface area contributed by atoms with Crippen LogP contribution in [0.1, 0.15) is 27.4 Å². The average molecular weight is 562 g/mol. The molecule has 1 aliphatic rings. The fraction of sp³-hybridized carbons (Fsp3) is 0.238. The number of hydrogen-bond donors (Lipinski definition) is 6. The molecule has 0 radical (unpaired) electrons. The smallest absolute Gasteiger partial charge is 0.471 e. The maximum atomic E-state index is 14.8. The van der Waals surface area contributed by atoms with Crippen LogP contribution >= 0.6 is 7.82 Å². The number of carbonyl (C=O) groups is 1. The number of rotatable bonds is 8. The summed E-state index contributed by atoms with van der Waals surface area (Å²) in [5.41, 5.74) is -3.80. The Balaban J connectivity index is 1.73. The highest BCUT2D eigenvalue weighted by molar-refractivity contribution is 7.46. The average Bonchev–Trinajstić information content (AvgIpc) is 2.89. The zero-order valence-corrected chi connectivity index (χ0v) is 19.4. The van der Waals surface area contributed by atoms with Crippen molar-refractivity contribution in [3.05, 3.63) is 36.3 Å². The summed E-state index contributed by atoms with van der Waals surface area (Å²) in [6, 6.07) is 1.80. The number of fused-ring (bicyclic) bond motifs is 1. The maximum absolute atomic E-state index is 14.8. The van der Waals surface area contributed by atoms with Crippen molar-refractivity contribution in [1.82, 2.24) is 15.0 Å². The minimum absolute atomic E-state index is 0.127. The molecule has 17 heteroatoms. The van der Waals surface area contributed by atoms with E-state index in [1.165, 1.54) is 0 Å². The third-order valence-electron chi connectivity index (χ3n) is 4.58. The molecule has 4 rings (SSSR count). The van der Waals surface area contributed by atoms with Crippen molar-refractivity contribution in [3.63, 3.8) is 0 Å². The number of hydrogen-bond acceptors (Lipinski definition) is 12. The summed E-state index contributed by atoms with van der Waals surface area (Å²) in [7, 11) is -8.38. The summed E-state index contributed by atoms with van der Waals surface area (Å²) in [6.45, 7) is -8.93. The number of amides is 1. The number of methoxy groups -OCH3 is 1. The molecule has 38 heavy (non-hydrogen) atoms. The van der Waals surface area contributed by atoms with Gasteiger partial charge in [0.1, 0.15) is 12.5 Å². The van der Waals surface area contributed by atoms with Gasteiger partial charge in [-0.1, -0.05) is 0 Å². The molecule has 3 heterocycles. The first-order valence-corrected chi connectivity index (χ1v) is 11.4. The number of phenols is 2. The lowest BCUT2D eigenvalue weighted by Crippen LogP contribution is -2.53. The molecule has 2 aromatic heterocycles. The fourth-order valence-electron chi connectivity index (χ4n) is 2.99. The lowest BCUT2D eigenvalue weighted by Gasteiger charge is -2.37. The van der Waals surface area contributed by atoms with Crippen molar-refractivity contribution in [2.75, 3.05) is 29.3 Å². The number of benzene rings is 1. The molecule has 0 unspecified atom stereocenters. The van der Waals surface area contributed by atoms with Gasteiger partial charge in [-0.25, -0.2) is 18.9 Å². The normalized spacial score (nSPS) is 19.3. The molecule has 0 saturated heterocycles. The minimum Gasteiger partial charge on any atom is -0.504 e. The van der Waals surface area contributed by atoms with Crippen molar-refractivity contribution >= 4 is 42.8 Å². The maximum Gasteiger partial charge on any atom is 0.471 e. The molecule has 6 N–H and O–H groups in total. The van der Waals surface area contributed by atoms with E-state index >= 15 is 0 Å². The van der Waals surface area contributed by atoms with Gasteiger partial charge >= 0.3 is 7.82 Å². The SMILES string of the molecule is [2H]c1cc(Nc2nc(Nc3cc(O)c(OC([2H])([2H])[2H])c(O)c3)ncc2F)nc2c1OC(C([2H])([2H])[2H])(C([2H])([2H])[2H])C(=O)N2COP(=O)(O)O. The van der Waals surface area contributed by atoms with E-state index in [0.29, 0.717) is 6.20 Å². The van der Waals surface area contributed by atoms with E-state index in [1.807, 2.05) is 0 Å². The summed E-state index contributed by atoms with van der Waals surface area (Å²) in [5, 5.41) is 25.1. The van der Waals surface area contributed by atoms with Crippen molar-refractivity contribution in [2.24, 2.45) is 0 Å². The number of nitrogens with zero attached hydrogens (tertiary/aromatic N) is 4. The topological polar surface area (TPSA) is 209 Å². The zero-order chi connectivity index (χ0) is 36.2. The summed E-state index contributed by atoms with van der Waals surface area (Å²) >= 11 is 0. The molecule has 0 saturated carbocycles. The van der Waals surface area contributed by atoms with Crippen LogP contribution < -0.4 is 25.0 Å². The lowest BCUT2D eigenvalue weighted by atomic mass is 10.1. The third kappa shape index (κ3) is 5.68. The Bertz CT molecular complexity index is 1770. The van der Waals surface area contributed by atoms with Crippen LogP contribution in [0, 0.1) is 5.82 Å². The van der Waals surface area contributed by atoms with Gasteiger partial charge in [0, 0.05) is 26.0 Å². The number of phenolic OH excluding ortho intramolecular Hbond substituents is 2. The predicted octanol–water partition coefficient (Wildman–Crippen LogP) is 2.49. The molecule has 202 valence electrons. The van der Waals surface area contributed by atoms with Gasteiger partial charge in [0.25, 0.3) is 5.91 Å². The first kappa shape index (κ1) is 16.6. The van der Waals surface area contributed by atoms with Crippen molar-refractivity contribution in [2.45, 2.75) is 19.3 Å². The highest BCUT2D eigenvalue weighted by atomic mass is 31.2. The summed E-state index contributed by atoms with van der Waals surface area (Å²) in [6.07, 6.45) is 0.636. The van der Waals surface area contributed by atoms with Gasteiger partial charge in [-0.05, 0) is 25.8 Å². The Morgan fingerprint density at radius 3 is 2.66 bits per heavy atom. The second-order valence-corrected chi connectivity index (χ2v) is 8.53. The number of phosphoric ester groups is 1. The highest BCUT2D eigenvalue weighted by Gasteiger charge is 2.42. The second kappa shape index (κ2) is 9.90. The number of anilines is 5. The van der Waals surface area contributed by atoms with Gasteiger partial charge in [0.15, 0.2) is 40.3 Å². The van der Waals surface area contributed by atoms with Crippen LogP contribution in [0.25, 0.3) is 0 Å². The van der Waals surface area contributed by atoms with E-state index < -0.39 is 105 Å². The number of ether oxygens (including phenoxy) is 2. The molecule has 0 fully saturated rings. The van der Waals surface area contributed by atoms with Gasteiger partial charge in [-0.2, -0.15) is 4.98 Å². The number of phosphoric acid groups is 1. The number of carbonyl (C=O) groups excluding carboxylic acids is 1. The van der Waals surface area contributed by atoms with Crippen molar-refractivity contribution in [1.29, 1.82) is 0 Å². The fourth-order valence-corrected chi connectivity index (χ4v) is 3.26. The van der Waals surface area contributed by atoms with Gasteiger partial charge in [0.2, 0.25) is 11.7 Å². The van der Waals surface area contributed by atoms with E-state index in [1.54, 1.807) is 0 Å². The largest absolute Gasteiger partial charge is 0.504 e. The lowest BCUT2D eigenvalue weighted by molar-refractivity contribution is -0.133. The summed E-state index contributed by atoms with van der Waals surface area (Å²) < 4.78 is 117. The summed E-state index contributed by atoms with van der Waals surface area (Å²) in [5.74, 6) is -8.74. The van der Waals surface area contributed by atoms with Crippen LogP contribution in [-0.2, 0) is 13.9 Å². The van der Waals surface area contributed by atoms with Crippen LogP contribution in [0.4, 0.5) is 33.5 Å². The first-order chi connectivity index (χ1) is 21.8. The van der Waals surface area contributed by atoms with Crippen LogP contribution in [-0.4, -0.2) is 60.2 Å². The van der Waals surface area contributed by atoms with Gasteiger partial charge in [-0.15, -0.1) is 0 Å². The number of halogens is 1. The summed E-state index contributed by atoms with van der Waals surface area (Å²) in [4.78, 5) is 43.5. The molecule has 3 aromatic rings. The number of pyridine rings is 1. The minimum atomic E-state index is -5.38. The van der Waals surface area contributed by atoms with Crippen molar-refractivity contribution in [3.8, 4) is 23.0 Å². The predicted molar refractivity (Wildman–Crippen MR) is 129 cm³/mol. The first-order valence-electron chi connectivity index (χ1n) is 14.9. The number of aromatic nitrogens is 3. The Morgan fingerprint density at radius 2 is 2.00 bits per heavy atom. The molecule has 15 nitrogen and oxygen atoms in total. The van der Waals surface area contributed by atoms with Crippen LogP contribution in [0.2, 0.25) is 0 Å². The molecular weight excluding hydrogens is 530 g/mol. The number of aromatic hydroxyl groups is 2. The Labute approximate surface area is 228 Å². The van der Waals surface area contributed by atoms with Crippen molar-refractivity contribution < 1.29 is 61.5 Å². The van der Waals surface area contributed by atoms with Gasteiger partial charge < -0.3 is 40.1 Å². The highest BCUT2D eigenvalue weighted by Crippen LogP contribution is 2.41. The standard InChI is InChI=1S/C21H22FN6O9P/c1-21(2)19(31)28(9-36-38(32,33)34)18-14(37-21)4-5-15(26-18)25-17-11(22)8-23-20(27-17)24-10-6-12(29)16(35-3)13(30)7-10/h4-8,29-30H,9H2,1-3H3,(H2,32,33,34)(H2,23,24,25,26,27)/i1D3,2D3,3D3,4D.